The molecule has 9 nitrogen and oxygen atoms in total. The van der Waals surface area contributed by atoms with Gasteiger partial charge in [-0.25, -0.2) is 9.78 Å². The van der Waals surface area contributed by atoms with Crippen LogP contribution in [0.1, 0.15) is 57.0 Å². The van der Waals surface area contributed by atoms with Crippen LogP contribution < -0.4 is 5.32 Å². The van der Waals surface area contributed by atoms with Gasteiger partial charge in [0.25, 0.3) is 5.89 Å². The Labute approximate surface area is 191 Å². The summed E-state index contributed by atoms with van der Waals surface area (Å²) >= 11 is 0. The van der Waals surface area contributed by atoms with Crippen molar-refractivity contribution in [2.24, 2.45) is 0 Å². The maximum absolute atomic E-state index is 11.9. The summed E-state index contributed by atoms with van der Waals surface area (Å²) in [5.74, 6) is 0.689. The lowest BCUT2D eigenvalue weighted by Crippen LogP contribution is -2.50. The minimum atomic E-state index is -0.244. The number of carbonyl (C=O) groups excluding carboxylic acids is 1. The van der Waals surface area contributed by atoms with Crippen LogP contribution in [0.2, 0.25) is 0 Å². The van der Waals surface area contributed by atoms with Gasteiger partial charge in [0.1, 0.15) is 18.4 Å². The van der Waals surface area contributed by atoms with Gasteiger partial charge in [-0.3, -0.25) is 4.90 Å². The Morgan fingerprint density at radius 1 is 1.30 bits per heavy atom. The lowest BCUT2D eigenvalue weighted by molar-refractivity contribution is 0.0535. The topological polar surface area (TPSA) is 117 Å². The van der Waals surface area contributed by atoms with Gasteiger partial charge in [-0.1, -0.05) is 11.2 Å². The van der Waals surface area contributed by atoms with E-state index in [1.807, 2.05) is 19.1 Å². The smallest absolute Gasteiger partial charge is 0.338 e. The lowest BCUT2D eigenvalue weighted by atomic mass is 9.92. The molecule has 0 radical (unpaired) electrons. The predicted molar refractivity (Wildman–Crippen MR) is 118 cm³/mol. The lowest BCUT2D eigenvalue weighted by Gasteiger charge is -2.38. The van der Waals surface area contributed by atoms with Crippen molar-refractivity contribution in [2.45, 2.75) is 46.0 Å². The number of ether oxygens (including phenoxy) is 1. The highest BCUT2D eigenvalue weighted by atomic mass is 16.5. The SMILES string of the molecule is Cc1cc(-c2nc(CN3C[C@@H](c4ccc5c(c4C)COC5=O)N[C@@H](C)C3)no2)ncc1C#N. The number of pyridine rings is 1. The number of carbonyl (C=O) groups is 1. The molecule has 1 fully saturated rings. The van der Waals surface area contributed by atoms with Crippen LogP contribution in [0, 0.1) is 25.2 Å². The zero-order valence-electron chi connectivity index (χ0n) is 18.8. The number of benzene rings is 1. The molecule has 33 heavy (non-hydrogen) atoms. The van der Waals surface area contributed by atoms with Crippen LogP contribution in [0.25, 0.3) is 11.6 Å². The van der Waals surface area contributed by atoms with Crippen molar-refractivity contribution in [3.8, 4) is 17.7 Å². The number of nitrogens with zero attached hydrogens (tertiary/aromatic N) is 5. The van der Waals surface area contributed by atoms with Gasteiger partial charge in [0.2, 0.25) is 0 Å². The summed E-state index contributed by atoms with van der Waals surface area (Å²) in [6.07, 6.45) is 1.52. The summed E-state index contributed by atoms with van der Waals surface area (Å²) in [4.78, 5) is 23.0. The highest BCUT2D eigenvalue weighted by Crippen LogP contribution is 2.31. The second-order valence-electron chi connectivity index (χ2n) is 8.71. The number of aryl methyl sites for hydroxylation is 1. The Hall–Kier alpha value is -3.61. The first-order valence-electron chi connectivity index (χ1n) is 10.9. The van der Waals surface area contributed by atoms with Gasteiger partial charge in [-0.2, -0.15) is 10.2 Å². The number of aromatic nitrogens is 3. The van der Waals surface area contributed by atoms with Gasteiger partial charge in [0, 0.05) is 36.9 Å². The summed E-state index contributed by atoms with van der Waals surface area (Å²) in [6.45, 7) is 8.57. The van der Waals surface area contributed by atoms with E-state index in [9.17, 15) is 4.79 Å². The van der Waals surface area contributed by atoms with E-state index in [0.29, 0.717) is 41.7 Å². The molecule has 5 rings (SSSR count). The van der Waals surface area contributed by atoms with Crippen LogP contribution >= 0.6 is 0 Å². The number of rotatable bonds is 4. The molecule has 1 aromatic carbocycles. The minimum Gasteiger partial charge on any atom is -0.457 e. The van der Waals surface area contributed by atoms with E-state index in [1.54, 1.807) is 6.07 Å². The van der Waals surface area contributed by atoms with Gasteiger partial charge >= 0.3 is 5.97 Å². The van der Waals surface area contributed by atoms with Crippen molar-refractivity contribution in [1.29, 1.82) is 5.26 Å². The number of hydrogen-bond acceptors (Lipinski definition) is 9. The van der Waals surface area contributed by atoms with Crippen molar-refractivity contribution >= 4 is 5.97 Å². The Kier molecular flexibility index (Phi) is 5.40. The molecule has 3 aromatic rings. The first-order valence-corrected chi connectivity index (χ1v) is 10.9. The highest BCUT2D eigenvalue weighted by molar-refractivity contribution is 5.94. The summed E-state index contributed by atoms with van der Waals surface area (Å²) in [5.41, 5.74) is 5.83. The number of esters is 1. The molecule has 4 heterocycles. The van der Waals surface area contributed by atoms with Gasteiger partial charge in [-0.15, -0.1) is 0 Å². The van der Waals surface area contributed by atoms with E-state index in [2.05, 4.69) is 45.3 Å². The molecule has 0 bridgehead atoms. The van der Waals surface area contributed by atoms with Crippen LogP contribution in [0.4, 0.5) is 0 Å². The van der Waals surface area contributed by atoms with Gasteiger partial charge in [0.05, 0.1) is 17.7 Å². The molecular weight excluding hydrogens is 420 g/mol. The third-order valence-corrected chi connectivity index (χ3v) is 6.33. The fraction of sp³-hybridized carbons (Fsp3) is 0.375. The minimum absolute atomic E-state index is 0.115. The number of piperazine rings is 1. The Balaban J connectivity index is 1.33. The average Bonchev–Trinajstić information content (AvgIpc) is 3.41. The first-order chi connectivity index (χ1) is 15.9. The van der Waals surface area contributed by atoms with Crippen LogP contribution in [0.3, 0.4) is 0 Å². The fourth-order valence-electron chi connectivity index (χ4n) is 4.64. The van der Waals surface area contributed by atoms with Gasteiger partial charge in [-0.05, 0) is 49.6 Å². The number of nitrogens with one attached hydrogen (secondary N) is 1. The molecule has 0 spiro atoms. The molecule has 0 saturated carbocycles. The second-order valence-corrected chi connectivity index (χ2v) is 8.71. The quantitative estimate of drug-likeness (QED) is 0.606. The fourth-order valence-corrected chi connectivity index (χ4v) is 4.64. The van der Waals surface area contributed by atoms with Crippen molar-refractivity contribution in [1.82, 2.24) is 25.3 Å². The zero-order valence-corrected chi connectivity index (χ0v) is 18.8. The van der Waals surface area contributed by atoms with E-state index in [1.165, 1.54) is 11.8 Å². The van der Waals surface area contributed by atoms with Crippen LogP contribution in [0.15, 0.2) is 28.9 Å². The molecule has 9 heteroatoms. The monoisotopic (exact) mass is 444 g/mol. The third kappa shape index (κ3) is 3.99. The Morgan fingerprint density at radius 2 is 2.15 bits per heavy atom. The highest BCUT2D eigenvalue weighted by Gasteiger charge is 2.30. The molecule has 2 aliphatic heterocycles. The van der Waals surface area contributed by atoms with Crippen LogP contribution in [0.5, 0.6) is 0 Å². The van der Waals surface area contributed by atoms with Crippen molar-refractivity contribution < 1.29 is 14.1 Å². The average molecular weight is 444 g/mol. The number of nitriles is 1. The maximum atomic E-state index is 11.9. The summed E-state index contributed by atoms with van der Waals surface area (Å²) < 4.78 is 10.7. The van der Waals surface area contributed by atoms with Gasteiger partial charge in [0.15, 0.2) is 5.82 Å². The summed E-state index contributed by atoms with van der Waals surface area (Å²) in [5, 5.41) is 16.9. The molecule has 168 valence electrons. The first kappa shape index (κ1) is 21.2. The normalized spacial score (nSPS) is 20.4. The summed E-state index contributed by atoms with van der Waals surface area (Å²) in [6, 6.07) is 8.17. The van der Waals surface area contributed by atoms with Crippen LogP contribution in [-0.2, 0) is 17.9 Å². The molecule has 0 aliphatic carbocycles. The summed E-state index contributed by atoms with van der Waals surface area (Å²) in [7, 11) is 0. The largest absolute Gasteiger partial charge is 0.457 e. The maximum Gasteiger partial charge on any atom is 0.338 e. The number of fused-ring (bicyclic) bond motifs is 1. The third-order valence-electron chi connectivity index (χ3n) is 6.33. The predicted octanol–water partition coefficient (Wildman–Crippen LogP) is 2.83. The van der Waals surface area contributed by atoms with E-state index in [-0.39, 0.29) is 18.1 Å². The number of cyclic esters (lactones) is 1. The molecule has 2 aromatic heterocycles. The van der Waals surface area contributed by atoms with E-state index >= 15 is 0 Å². The second kappa shape index (κ2) is 8.39. The molecule has 1 saturated heterocycles. The van der Waals surface area contributed by atoms with Crippen molar-refractivity contribution in [2.75, 3.05) is 13.1 Å². The standard InChI is InChI=1S/C24H24N6O3/c1-13-6-20(26-8-16(13)7-25)23-28-22(29-33-23)11-30-9-14(2)27-21(10-30)17-4-5-18-19(15(17)3)12-32-24(18)31/h4-6,8,14,21,27H,9-12H2,1-3H3/t14-,21-/m0/s1. The van der Waals surface area contributed by atoms with E-state index in [0.717, 1.165) is 29.8 Å². The molecule has 2 aliphatic rings. The van der Waals surface area contributed by atoms with E-state index < -0.39 is 0 Å². The van der Waals surface area contributed by atoms with Gasteiger partial charge < -0.3 is 14.6 Å². The Morgan fingerprint density at radius 3 is 2.94 bits per heavy atom. The van der Waals surface area contributed by atoms with E-state index in [4.69, 9.17) is 14.5 Å². The molecule has 0 amide bonds. The zero-order chi connectivity index (χ0) is 23.1. The van der Waals surface area contributed by atoms with Crippen molar-refractivity contribution in [3.63, 3.8) is 0 Å². The molecule has 1 N–H and O–H groups in total. The van der Waals surface area contributed by atoms with Crippen LogP contribution in [-0.4, -0.2) is 45.1 Å². The molecule has 0 unspecified atom stereocenters. The van der Waals surface area contributed by atoms with Crippen molar-refractivity contribution in [3.05, 3.63) is 63.6 Å². The molecular formula is C24H24N6O3. The number of hydrogen-bond donors (Lipinski definition) is 1. The Bertz CT molecular complexity index is 1280. The molecule has 2 atom stereocenters.